The van der Waals surface area contributed by atoms with Crippen LogP contribution in [0, 0.1) is 5.82 Å². The lowest BCUT2D eigenvalue weighted by molar-refractivity contribution is 0.434. The number of pyridine rings is 1. The van der Waals surface area contributed by atoms with Gasteiger partial charge < -0.3 is 8.92 Å². The van der Waals surface area contributed by atoms with Gasteiger partial charge in [0.1, 0.15) is 5.65 Å². The summed E-state index contributed by atoms with van der Waals surface area (Å²) in [7, 11) is 1.48. The number of benzene rings is 1. The zero-order chi connectivity index (χ0) is 17.3. The number of ether oxygens (including phenoxy) is 1. The van der Waals surface area contributed by atoms with Crippen molar-refractivity contribution in [3.05, 3.63) is 52.7 Å². The van der Waals surface area contributed by atoms with Gasteiger partial charge >= 0.3 is 6.01 Å². The fraction of sp³-hybridized carbons (Fsp3) is 0.133. The molecule has 0 radical (unpaired) electrons. The summed E-state index contributed by atoms with van der Waals surface area (Å²) in [5.74, 6) is -0.701. The van der Waals surface area contributed by atoms with Crippen molar-refractivity contribution in [2.45, 2.75) is 0 Å². The molecule has 0 saturated carbocycles. The standard InChI is InChI=1S/C15H12FN3O4S/c1-19-13-9(8-17-15(18-13)23-24(2)21)7-12(14(19)20)22-11-6-4-3-5-10(11)16/h3-8H,1-2H3. The number of aryl methyl sites for hydroxylation is 1. The predicted molar refractivity (Wildman–Crippen MR) is 85.9 cm³/mol. The minimum Gasteiger partial charge on any atom is -0.448 e. The molecule has 0 aliphatic heterocycles. The number of hydrogen-bond acceptors (Lipinski definition) is 6. The number of halogens is 1. The molecule has 7 nitrogen and oxygen atoms in total. The third-order valence-corrected chi connectivity index (χ3v) is 3.53. The first-order valence-corrected chi connectivity index (χ1v) is 8.25. The van der Waals surface area contributed by atoms with Gasteiger partial charge in [-0.25, -0.2) is 13.6 Å². The molecule has 9 heteroatoms. The topological polar surface area (TPSA) is 83.3 Å². The number of para-hydroxylation sites is 1. The average molecular weight is 349 g/mol. The summed E-state index contributed by atoms with van der Waals surface area (Å²) in [5, 5.41) is 0.484. The van der Waals surface area contributed by atoms with Crippen molar-refractivity contribution < 1.29 is 17.5 Å². The molecule has 0 N–H and O–H groups in total. The van der Waals surface area contributed by atoms with Crippen molar-refractivity contribution in [1.82, 2.24) is 14.5 Å². The smallest absolute Gasteiger partial charge is 0.332 e. The van der Waals surface area contributed by atoms with Gasteiger partial charge in [0.25, 0.3) is 5.56 Å². The van der Waals surface area contributed by atoms with Gasteiger partial charge in [-0.1, -0.05) is 12.1 Å². The Hall–Kier alpha value is -2.81. The minimum atomic E-state index is -1.58. The Morgan fingerprint density at radius 2 is 2.00 bits per heavy atom. The summed E-state index contributed by atoms with van der Waals surface area (Å²) in [6.07, 6.45) is 2.73. The van der Waals surface area contributed by atoms with Gasteiger partial charge in [0.15, 0.2) is 17.3 Å². The third-order valence-electron chi connectivity index (χ3n) is 3.14. The quantitative estimate of drug-likeness (QED) is 0.716. The molecule has 0 amide bonds. The second-order valence-corrected chi connectivity index (χ2v) is 5.79. The molecular formula is C15H12FN3O4S. The maximum absolute atomic E-state index is 13.7. The first-order chi connectivity index (χ1) is 11.5. The van der Waals surface area contributed by atoms with Gasteiger partial charge in [-0.3, -0.25) is 9.36 Å². The fourth-order valence-electron chi connectivity index (χ4n) is 2.07. The zero-order valence-electron chi connectivity index (χ0n) is 12.7. The number of rotatable bonds is 4. The van der Waals surface area contributed by atoms with Crippen LogP contribution in [-0.2, 0) is 18.1 Å². The Morgan fingerprint density at radius 3 is 2.71 bits per heavy atom. The number of hydrogen-bond donors (Lipinski definition) is 0. The highest BCUT2D eigenvalue weighted by molar-refractivity contribution is 7.79. The largest absolute Gasteiger partial charge is 0.448 e. The van der Waals surface area contributed by atoms with Crippen LogP contribution >= 0.6 is 0 Å². The van der Waals surface area contributed by atoms with Crippen molar-refractivity contribution in [2.75, 3.05) is 6.26 Å². The molecule has 0 fully saturated rings. The second kappa shape index (κ2) is 6.36. The summed E-state index contributed by atoms with van der Waals surface area (Å²) in [6.45, 7) is 0. The number of nitrogens with zero attached hydrogens (tertiary/aromatic N) is 3. The molecule has 0 saturated heterocycles. The van der Waals surface area contributed by atoms with Crippen LogP contribution in [-0.4, -0.2) is 25.0 Å². The molecule has 1 atom stereocenters. The number of fused-ring (bicyclic) bond motifs is 1. The van der Waals surface area contributed by atoms with Crippen LogP contribution in [0.3, 0.4) is 0 Å². The van der Waals surface area contributed by atoms with E-state index in [1.54, 1.807) is 6.07 Å². The summed E-state index contributed by atoms with van der Waals surface area (Å²) in [6, 6.07) is 7.08. The SMILES string of the molecule is Cn1c(=O)c(Oc2ccccc2F)cc2cnc(OS(C)=O)nc21. The van der Waals surface area contributed by atoms with Crippen LogP contribution < -0.4 is 14.5 Å². The average Bonchev–Trinajstić information content (AvgIpc) is 2.54. The lowest BCUT2D eigenvalue weighted by Crippen LogP contribution is -2.19. The van der Waals surface area contributed by atoms with E-state index in [0.29, 0.717) is 5.39 Å². The fourth-order valence-corrected chi connectivity index (χ4v) is 2.36. The predicted octanol–water partition coefficient (Wildman–Crippen LogP) is 1.93. The Morgan fingerprint density at radius 1 is 1.25 bits per heavy atom. The number of aromatic nitrogens is 3. The highest BCUT2D eigenvalue weighted by Crippen LogP contribution is 2.24. The molecule has 0 spiro atoms. The van der Waals surface area contributed by atoms with Crippen LogP contribution in [0.4, 0.5) is 4.39 Å². The minimum absolute atomic E-state index is 0.0591. The lowest BCUT2D eigenvalue weighted by atomic mass is 10.3. The third kappa shape index (κ3) is 3.11. The summed E-state index contributed by atoms with van der Waals surface area (Å²) >= 11 is -1.58. The van der Waals surface area contributed by atoms with E-state index in [4.69, 9.17) is 8.92 Å². The van der Waals surface area contributed by atoms with Crippen molar-refractivity contribution in [3.63, 3.8) is 0 Å². The van der Waals surface area contributed by atoms with E-state index in [0.717, 1.165) is 0 Å². The molecule has 124 valence electrons. The molecule has 0 bridgehead atoms. The molecule has 2 heterocycles. The van der Waals surface area contributed by atoms with E-state index < -0.39 is 22.5 Å². The van der Waals surface area contributed by atoms with E-state index >= 15 is 0 Å². The lowest BCUT2D eigenvalue weighted by Gasteiger charge is -2.10. The Bertz CT molecular complexity index is 1010. The highest BCUT2D eigenvalue weighted by atomic mass is 32.2. The molecular weight excluding hydrogens is 337 g/mol. The molecule has 1 aromatic carbocycles. The second-order valence-electron chi connectivity index (χ2n) is 4.82. The zero-order valence-corrected chi connectivity index (χ0v) is 13.5. The van der Waals surface area contributed by atoms with Gasteiger partial charge in [0.05, 0.1) is 0 Å². The highest BCUT2D eigenvalue weighted by Gasteiger charge is 2.13. The molecule has 2 aromatic heterocycles. The molecule has 24 heavy (non-hydrogen) atoms. The van der Waals surface area contributed by atoms with Crippen LogP contribution in [0.1, 0.15) is 0 Å². The van der Waals surface area contributed by atoms with Crippen LogP contribution in [0.15, 0.2) is 41.3 Å². The summed E-state index contributed by atoms with van der Waals surface area (Å²) in [4.78, 5) is 20.3. The normalized spacial score (nSPS) is 12.1. The molecule has 3 aromatic rings. The maximum Gasteiger partial charge on any atom is 0.332 e. The van der Waals surface area contributed by atoms with E-state index in [1.165, 1.54) is 48.3 Å². The molecule has 0 aliphatic rings. The van der Waals surface area contributed by atoms with Crippen molar-refractivity contribution in [2.24, 2.45) is 7.05 Å². The molecule has 1 unspecified atom stereocenters. The maximum atomic E-state index is 13.7. The first kappa shape index (κ1) is 16.1. The Labute approximate surface area is 138 Å². The summed E-state index contributed by atoms with van der Waals surface area (Å²) < 4.78 is 36.3. The van der Waals surface area contributed by atoms with Gasteiger partial charge in [-0.15, -0.1) is 0 Å². The Balaban J connectivity index is 2.08. The van der Waals surface area contributed by atoms with Crippen molar-refractivity contribution >= 4 is 22.1 Å². The van der Waals surface area contributed by atoms with E-state index in [-0.39, 0.29) is 23.2 Å². The van der Waals surface area contributed by atoms with E-state index in [9.17, 15) is 13.4 Å². The van der Waals surface area contributed by atoms with Gasteiger partial charge in [0.2, 0.25) is 11.1 Å². The van der Waals surface area contributed by atoms with Gasteiger partial charge in [-0.2, -0.15) is 4.98 Å². The van der Waals surface area contributed by atoms with Crippen molar-refractivity contribution in [1.29, 1.82) is 0 Å². The van der Waals surface area contributed by atoms with Gasteiger partial charge in [0, 0.05) is 24.9 Å². The van der Waals surface area contributed by atoms with Crippen LogP contribution in [0.5, 0.6) is 17.5 Å². The first-order valence-electron chi connectivity index (χ1n) is 6.76. The molecule has 0 aliphatic carbocycles. The van der Waals surface area contributed by atoms with E-state index in [1.807, 2.05) is 0 Å². The van der Waals surface area contributed by atoms with Crippen molar-refractivity contribution in [3.8, 4) is 17.5 Å². The van der Waals surface area contributed by atoms with Gasteiger partial charge in [-0.05, 0) is 18.2 Å². The Kier molecular flexibility index (Phi) is 4.26. The van der Waals surface area contributed by atoms with Crippen LogP contribution in [0.25, 0.3) is 11.0 Å². The van der Waals surface area contributed by atoms with Crippen LogP contribution in [0.2, 0.25) is 0 Å². The monoisotopic (exact) mass is 349 g/mol. The molecule has 3 rings (SSSR count). The summed E-state index contributed by atoms with van der Waals surface area (Å²) in [5.41, 5.74) is -0.232. The van der Waals surface area contributed by atoms with E-state index in [2.05, 4.69) is 9.97 Å².